The first kappa shape index (κ1) is 17.1. The number of nitrogens with one attached hydrogen (secondary N) is 1. The molecule has 128 valence electrons. The highest BCUT2D eigenvalue weighted by atomic mass is 15.2. The Morgan fingerprint density at radius 2 is 1.92 bits per heavy atom. The Morgan fingerprint density at radius 3 is 2.56 bits per heavy atom. The van der Waals surface area contributed by atoms with E-state index >= 15 is 0 Å². The molecule has 3 aromatic rings. The van der Waals surface area contributed by atoms with Crippen LogP contribution in [0.4, 0.5) is 0 Å². The first-order chi connectivity index (χ1) is 11.9. The summed E-state index contributed by atoms with van der Waals surface area (Å²) in [5, 5.41) is 15.1. The van der Waals surface area contributed by atoms with Gasteiger partial charge < -0.3 is 0 Å². The molecule has 3 rings (SSSR count). The Morgan fingerprint density at radius 1 is 1.16 bits per heavy atom. The molecule has 0 aliphatic heterocycles. The van der Waals surface area contributed by atoms with Gasteiger partial charge in [-0.05, 0) is 43.7 Å². The zero-order valence-electron chi connectivity index (χ0n) is 15.5. The number of fused-ring (bicyclic) bond motifs is 1. The molecule has 0 saturated heterocycles. The van der Waals surface area contributed by atoms with Crippen LogP contribution in [-0.2, 0) is 7.05 Å². The van der Waals surface area contributed by atoms with Crippen molar-refractivity contribution >= 4 is 16.5 Å². The molecule has 0 bridgehead atoms. The number of benzene rings is 1. The van der Waals surface area contributed by atoms with Crippen LogP contribution in [0.25, 0.3) is 22.0 Å². The van der Waals surface area contributed by atoms with E-state index in [0.29, 0.717) is 5.71 Å². The molecule has 1 aromatic carbocycles. The van der Waals surface area contributed by atoms with Gasteiger partial charge in [-0.3, -0.25) is 15.1 Å². The van der Waals surface area contributed by atoms with Crippen LogP contribution < -0.4 is 0 Å². The van der Waals surface area contributed by atoms with Crippen molar-refractivity contribution in [3.8, 4) is 11.3 Å². The van der Waals surface area contributed by atoms with Crippen molar-refractivity contribution in [2.75, 3.05) is 0 Å². The summed E-state index contributed by atoms with van der Waals surface area (Å²) in [5.74, 6) is 0. The minimum atomic E-state index is 0.584. The normalized spacial score (nSPS) is 12.4. The Balaban J connectivity index is 2.18. The Hall–Kier alpha value is -2.75. The van der Waals surface area contributed by atoms with Crippen LogP contribution in [0.1, 0.15) is 38.3 Å². The molecular weight excluding hydrogens is 308 g/mol. The van der Waals surface area contributed by atoms with Crippen molar-refractivity contribution in [2.45, 2.75) is 34.1 Å². The van der Waals surface area contributed by atoms with Crippen molar-refractivity contribution in [1.29, 1.82) is 5.41 Å². The molecule has 4 heteroatoms. The number of nitrogens with zero attached hydrogens (tertiary/aromatic N) is 3. The van der Waals surface area contributed by atoms with Gasteiger partial charge in [-0.1, -0.05) is 30.7 Å². The minimum absolute atomic E-state index is 0.584. The van der Waals surface area contributed by atoms with Gasteiger partial charge in [0.15, 0.2) is 0 Å². The predicted molar refractivity (Wildman–Crippen MR) is 104 cm³/mol. The van der Waals surface area contributed by atoms with Crippen molar-refractivity contribution in [3.05, 3.63) is 59.1 Å². The summed E-state index contributed by atoms with van der Waals surface area (Å²) in [5.41, 5.74) is 6.90. The first-order valence-electron chi connectivity index (χ1n) is 8.57. The number of rotatable bonds is 4. The lowest BCUT2D eigenvalue weighted by Gasteiger charge is -2.13. The maximum absolute atomic E-state index is 8.64. The average Bonchev–Trinajstić information content (AvgIpc) is 3.05. The third kappa shape index (κ3) is 3.00. The summed E-state index contributed by atoms with van der Waals surface area (Å²) < 4.78 is 1.79. The summed E-state index contributed by atoms with van der Waals surface area (Å²) in [6.45, 7) is 8.34. The van der Waals surface area contributed by atoms with Crippen molar-refractivity contribution in [3.63, 3.8) is 0 Å². The van der Waals surface area contributed by atoms with Crippen LogP contribution in [0.15, 0.2) is 47.9 Å². The van der Waals surface area contributed by atoms with Gasteiger partial charge in [-0.2, -0.15) is 5.10 Å². The molecule has 0 fully saturated rings. The fourth-order valence-corrected chi connectivity index (χ4v) is 3.12. The smallest absolute Gasteiger partial charge is 0.0769 e. The third-order valence-corrected chi connectivity index (χ3v) is 4.98. The van der Waals surface area contributed by atoms with Crippen molar-refractivity contribution in [1.82, 2.24) is 14.8 Å². The molecule has 0 aliphatic rings. The zero-order valence-corrected chi connectivity index (χ0v) is 15.5. The second-order valence-corrected chi connectivity index (χ2v) is 6.54. The van der Waals surface area contributed by atoms with Gasteiger partial charge in [0.25, 0.3) is 0 Å². The number of allylic oxidation sites excluding steroid dienone is 2. The van der Waals surface area contributed by atoms with Gasteiger partial charge in [0.1, 0.15) is 0 Å². The van der Waals surface area contributed by atoms with E-state index in [1.807, 2.05) is 44.7 Å². The second-order valence-electron chi connectivity index (χ2n) is 6.54. The van der Waals surface area contributed by atoms with E-state index in [1.54, 1.807) is 4.68 Å². The molecule has 25 heavy (non-hydrogen) atoms. The average molecular weight is 332 g/mol. The van der Waals surface area contributed by atoms with Crippen LogP contribution in [0.5, 0.6) is 0 Å². The van der Waals surface area contributed by atoms with E-state index in [4.69, 9.17) is 10.4 Å². The lowest BCUT2D eigenvalue weighted by molar-refractivity contribution is 0.768. The van der Waals surface area contributed by atoms with Crippen LogP contribution in [-0.4, -0.2) is 20.5 Å². The zero-order chi connectivity index (χ0) is 18.1. The topological polar surface area (TPSA) is 54.6 Å². The summed E-state index contributed by atoms with van der Waals surface area (Å²) in [6.07, 6.45) is 6.67. The van der Waals surface area contributed by atoms with E-state index in [0.717, 1.165) is 45.2 Å². The predicted octanol–water partition coefficient (Wildman–Crippen LogP) is 5.06. The van der Waals surface area contributed by atoms with Gasteiger partial charge in [0.05, 0.1) is 17.6 Å². The SMILES string of the molecule is CC/C(C)=C(\C)C(=N)c1cccc2c(C)c(-c3cnn(C)c3)ncc12. The lowest BCUT2D eigenvalue weighted by Crippen LogP contribution is -2.05. The summed E-state index contributed by atoms with van der Waals surface area (Å²) >= 11 is 0. The largest absolute Gasteiger partial charge is 0.300 e. The maximum Gasteiger partial charge on any atom is 0.0769 e. The van der Waals surface area contributed by atoms with Crippen LogP contribution >= 0.6 is 0 Å². The first-order valence-corrected chi connectivity index (χ1v) is 8.57. The Labute approximate surface area is 148 Å². The van der Waals surface area contributed by atoms with Gasteiger partial charge in [-0.15, -0.1) is 0 Å². The molecule has 4 nitrogen and oxygen atoms in total. The number of hydrogen-bond donors (Lipinski definition) is 1. The molecule has 0 aliphatic carbocycles. The summed E-state index contributed by atoms with van der Waals surface area (Å²) in [7, 11) is 1.91. The molecule has 0 unspecified atom stereocenters. The number of aromatic nitrogens is 3. The van der Waals surface area contributed by atoms with Crippen molar-refractivity contribution < 1.29 is 0 Å². The van der Waals surface area contributed by atoms with E-state index in [1.165, 1.54) is 5.57 Å². The fraction of sp³-hybridized carbons (Fsp3) is 0.286. The summed E-state index contributed by atoms with van der Waals surface area (Å²) in [6, 6.07) is 6.15. The van der Waals surface area contributed by atoms with Gasteiger partial charge in [0.2, 0.25) is 0 Å². The number of aryl methyl sites for hydroxylation is 2. The number of pyridine rings is 1. The molecule has 0 atom stereocenters. The van der Waals surface area contributed by atoms with E-state index < -0.39 is 0 Å². The van der Waals surface area contributed by atoms with E-state index in [-0.39, 0.29) is 0 Å². The molecule has 0 radical (unpaired) electrons. The molecule has 0 spiro atoms. The maximum atomic E-state index is 8.64. The van der Waals surface area contributed by atoms with E-state index in [2.05, 4.69) is 31.9 Å². The quantitative estimate of drug-likeness (QED) is 0.679. The highest BCUT2D eigenvalue weighted by molar-refractivity contribution is 6.18. The molecule has 0 amide bonds. The highest BCUT2D eigenvalue weighted by Gasteiger charge is 2.14. The van der Waals surface area contributed by atoms with Gasteiger partial charge >= 0.3 is 0 Å². The Kier molecular flexibility index (Phi) is 4.53. The minimum Gasteiger partial charge on any atom is -0.300 e. The molecular formula is C21H24N4. The highest BCUT2D eigenvalue weighted by Crippen LogP contribution is 2.30. The van der Waals surface area contributed by atoms with Crippen molar-refractivity contribution in [2.24, 2.45) is 7.05 Å². The Bertz CT molecular complexity index is 992. The van der Waals surface area contributed by atoms with Gasteiger partial charge in [-0.25, -0.2) is 0 Å². The standard InChI is InChI=1S/C21H24N4/c1-6-13(2)14(3)20(22)18-9-7-8-17-15(4)21(23-11-19(17)18)16-10-24-25(5)12-16/h7-12,22H,6H2,1-5H3/b14-13+,22-20?. The van der Waals surface area contributed by atoms with Crippen LogP contribution in [0.2, 0.25) is 0 Å². The molecule has 2 heterocycles. The lowest BCUT2D eigenvalue weighted by atomic mass is 9.93. The van der Waals surface area contributed by atoms with Crippen LogP contribution in [0, 0.1) is 12.3 Å². The molecule has 2 aromatic heterocycles. The fourth-order valence-electron chi connectivity index (χ4n) is 3.12. The van der Waals surface area contributed by atoms with Crippen LogP contribution in [0.3, 0.4) is 0 Å². The summed E-state index contributed by atoms with van der Waals surface area (Å²) in [4.78, 5) is 4.69. The van der Waals surface area contributed by atoms with E-state index in [9.17, 15) is 0 Å². The monoisotopic (exact) mass is 332 g/mol. The number of hydrogen-bond acceptors (Lipinski definition) is 3. The van der Waals surface area contributed by atoms with Gasteiger partial charge in [0, 0.05) is 36.0 Å². The third-order valence-electron chi connectivity index (χ3n) is 4.98. The second kappa shape index (κ2) is 6.63. The molecule has 1 N–H and O–H groups in total. The molecule has 0 saturated carbocycles.